The maximum atomic E-state index is 6.25. The molecular weight excluding hydrogens is 497 g/mol. The van der Waals surface area contributed by atoms with Gasteiger partial charge in [-0.25, -0.2) is 4.99 Å². The smallest absolute Gasteiger partial charge is 0.193 e. The highest BCUT2D eigenvalue weighted by atomic mass is 127. The molecule has 0 amide bonds. The van der Waals surface area contributed by atoms with E-state index >= 15 is 0 Å². The van der Waals surface area contributed by atoms with Crippen LogP contribution >= 0.6 is 24.0 Å². The average molecular weight is 527 g/mol. The minimum Gasteiger partial charge on any atom is -0.493 e. The van der Waals surface area contributed by atoms with Crippen LogP contribution in [-0.2, 0) is 6.54 Å². The van der Waals surface area contributed by atoms with Crippen molar-refractivity contribution in [2.75, 3.05) is 26.6 Å². The molecule has 0 saturated heterocycles. The Kier molecular flexibility index (Phi) is 9.35. The van der Waals surface area contributed by atoms with Gasteiger partial charge in [0.15, 0.2) is 29.0 Å². The molecule has 2 aromatic rings. The van der Waals surface area contributed by atoms with E-state index in [9.17, 15) is 0 Å². The van der Waals surface area contributed by atoms with Gasteiger partial charge in [-0.3, -0.25) is 0 Å². The van der Waals surface area contributed by atoms with E-state index in [1.807, 2.05) is 30.3 Å². The first-order valence-electron chi connectivity index (χ1n) is 9.76. The number of benzene rings is 2. The standard InChI is InChI=1S/C22H29N3O4.HI/c1-26-18-12-11-16(13-20(18)28-3)25-22(23)24-14-15-7-6-10-19(27-2)21(15)29-17-8-4-5-9-17;/h6-7,10-13,17H,4-5,8-9,14H2,1-3H3,(H3,23,24,25);1H. The molecule has 7 nitrogen and oxygen atoms in total. The summed E-state index contributed by atoms with van der Waals surface area (Å²) < 4.78 is 22.3. The van der Waals surface area contributed by atoms with E-state index in [2.05, 4.69) is 10.3 Å². The summed E-state index contributed by atoms with van der Waals surface area (Å²) in [5, 5.41) is 3.08. The maximum Gasteiger partial charge on any atom is 0.193 e. The number of anilines is 1. The van der Waals surface area contributed by atoms with E-state index in [1.165, 1.54) is 12.8 Å². The molecule has 3 rings (SSSR count). The second-order valence-corrected chi connectivity index (χ2v) is 6.87. The number of hydrogen-bond acceptors (Lipinski definition) is 5. The molecule has 1 saturated carbocycles. The Morgan fingerprint density at radius 3 is 2.37 bits per heavy atom. The third-order valence-electron chi connectivity index (χ3n) is 4.94. The van der Waals surface area contributed by atoms with Crippen LogP contribution in [0.3, 0.4) is 0 Å². The predicted octanol–water partition coefficient (Wildman–Crippen LogP) is 4.58. The summed E-state index contributed by atoms with van der Waals surface area (Å²) in [6.07, 6.45) is 4.79. The highest BCUT2D eigenvalue weighted by Gasteiger charge is 2.20. The number of para-hydroxylation sites is 1. The fraction of sp³-hybridized carbons (Fsp3) is 0.409. The second kappa shape index (κ2) is 11.7. The van der Waals surface area contributed by atoms with Crippen LogP contribution in [0.25, 0.3) is 0 Å². The number of ether oxygens (including phenoxy) is 4. The van der Waals surface area contributed by atoms with Crippen molar-refractivity contribution in [1.82, 2.24) is 0 Å². The van der Waals surface area contributed by atoms with Gasteiger partial charge in [-0.2, -0.15) is 0 Å². The summed E-state index contributed by atoms with van der Waals surface area (Å²) in [7, 11) is 4.84. The molecule has 1 aliphatic rings. The Hall–Kier alpha value is -2.36. The van der Waals surface area contributed by atoms with Gasteiger partial charge in [-0.15, -0.1) is 24.0 Å². The number of aliphatic imine (C=N–C) groups is 1. The number of hydrogen-bond donors (Lipinski definition) is 2. The lowest BCUT2D eigenvalue weighted by Gasteiger charge is -2.18. The Labute approximate surface area is 195 Å². The molecule has 0 aromatic heterocycles. The Balaban J connectivity index is 0.00000320. The number of nitrogens with one attached hydrogen (secondary N) is 1. The SMILES string of the molecule is COc1ccc(NC(N)=NCc2cccc(OC)c2OC2CCCC2)cc1OC.I. The van der Waals surface area contributed by atoms with E-state index in [4.69, 9.17) is 24.7 Å². The Morgan fingerprint density at radius 1 is 1.00 bits per heavy atom. The molecule has 3 N–H and O–H groups in total. The number of nitrogens with zero attached hydrogens (tertiary/aromatic N) is 1. The minimum atomic E-state index is 0. The molecule has 0 unspecified atom stereocenters. The van der Waals surface area contributed by atoms with Gasteiger partial charge in [0.25, 0.3) is 0 Å². The molecule has 2 aromatic carbocycles. The Bertz CT molecular complexity index is 854. The highest BCUT2D eigenvalue weighted by molar-refractivity contribution is 14.0. The van der Waals surface area contributed by atoms with Crippen LogP contribution in [0, 0.1) is 0 Å². The molecule has 0 atom stereocenters. The van der Waals surface area contributed by atoms with Crippen molar-refractivity contribution in [1.29, 1.82) is 0 Å². The summed E-state index contributed by atoms with van der Waals surface area (Å²) in [5.41, 5.74) is 7.79. The predicted molar refractivity (Wildman–Crippen MR) is 130 cm³/mol. The lowest BCUT2D eigenvalue weighted by Crippen LogP contribution is -2.22. The van der Waals surface area contributed by atoms with E-state index in [1.54, 1.807) is 27.4 Å². The van der Waals surface area contributed by atoms with Crippen molar-refractivity contribution in [2.45, 2.75) is 38.3 Å². The van der Waals surface area contributed by atoms with Gasteiger partial charge >= 0.3 is 0 Å². The van der Waals surface area contributed by atoms with Gasteiger partial charge in [0.1, 0.15) is 0 Å². The quantitative estimate of drug-likeness (QED) is 0.297. The van der Waals surface area contributed by atoms with E-state index in [0.29, 0.717) is 24.0 Å². The first-order chi connectivity index (χ1) is 14.1. The molecule has 1 aliphatic carbocycles. The van der Waals surface area contributed by atoms with Crippen molar-refractivity contribution >= 4 is 35.6 Å². The zero-order valence-corrected chi connectivity index (χ0v) is 20.0. The fourth-order valence-electron chi connectivity index (χ4n) is 3.42. The van der Waals surface area contributed by atoms with Crippen molar-refractivity contribution < 1.29 is 18.9 Å². The first-order valence-corrected chi connectivity index (χ1v) is 9.76. The molecule has 164 valence electrons. The summed E-state index contributed by atoms with van der Waals surface area (Å²) in [4.78, 5) is 4.47. The molecule has 0 bridgehead atoms. The van der Waals surface area contributed by atoms with Crippen LogP contribution in [0.5, 0.6) is 23.0 Å². The summed E-state index contributed by atoms with van der Waals surface area (Å²) in [6.45, 7) is 0.380. The van der Waals surface area contributed by atoms with Crippen molar-refractivity contribution in [3.8, 4) is 23.0 Å². The minimum absolute atomic E-state index is 0. The molecular formula is C22H30IN3O4. The van der Waals surface area contributed by atoms with Gasteiger partial charge in [0, 0.05) is 17.3 Å². The number of rotatable bonds is 8. The van der Waals surface area contributed by atoms with E-state index < -0.39 is 0 Å². The van der Waals surface area contributed by atoms with Gasteiger partial charge < -0.3 is 30.0 Å². The summed E-state index contributed by atoms with van der Waals surface area (Å²) >= 11 is 0. The zero-order chi connectivity index (χ0) is 20.6. The molecule has 0 aliphatic heterocycles. The third-order valence-corrected chi connectivity index (χ3v) is 4.94. The van der Waals surface area contributed by atoms with Crippen LogP contribution in [0.2, 0.25) is 0 Å². The van der Waals surface area contributed by atoms with Gasteiger partial charge in [0.2, 0.25) is 0 Å². The topological polar surface area (TPSA) is 87.3 Å². The van der Waals surface area contributed by atoms with Crippen LogP contribution in [0.15, 0.2) is 41.4 Å². The van der Waals surface area contributed by atoms with E-state index in [0.717, 1.165) is 35.6 Å². The van der Waals surface area contributed by atoms with Crippen LogP contribution in [0.1, 0.15) is 31.2 Å². The van der Waals surface area contributed by atoms with Crippen LogP contribution < -0.4 is 30.0 Å². The summed E-state index contributed by atoms with van der Waals surface area (Å²) in [6, 6.07) is 11.3. The highest BCUT2D eigenvalue weighted by Crippen LogP contribution is 2.35. The van der Waals surface area contributed by atoms with Gasteiger partial charge in [0.05, 0.1) is 34.0 Å². The third kappa shape index (κ3) is 6.07. The largest absolute Gasteiger partial charge is 0.493 e. The lowest BCUT2D eigenvalue weighted by molar-refractivity contribution is 0.198. The average Bonchev–Trinajstić information content (AvgIpc) is 3.26. The molecule has 0 heterocycles. The molecule has 1 fully saturated rings. The van der Waals surface area contributed by atoms with Crippen molar-refractivity contribution in [2.24, 2.45) is 10.7 Å². The zero-order valence-electron chi connectivity index (χ0n) is 17.6. The van der Waals surface area contributed by atoms with Gasteiger partial charge in [-0.05, 0) is 43.9 Å². The van der Waals surface area contributed by atoms with Gasteiger partial charge in [-0.1, -0.05) is 12.1 Å². The number of nitrogens with two attached hydrogens (primary N) is 1. The normalized spacial score (nSPS) is 14.0. The van der Waals surface area contributed by atoms with E-state index in [-0.39, 0.29) is 30.1 Å². The number of methoxy groups -OCH3 is 3. The molecule has 30 heavy (non-hydrogen) atoms. The monoisotopic (exact) mass is 527 g/mol. The molecule has 8 heteroatoms. The Morgan fingerprint density at radius 2 is 1.70 bits per heavy atom. The molecule has 0 radical (unpaired) electrons. The maximum absolute atomic E-state index is 6.25. The first kappa shape index (κ1) is 23.9. The fourth-order valence-corrected chi connectivity index (χ4v) is 3.42. The van der Waals surface area contributed by atoms with Crippen molar-refractivity contribution in [3.63, 3.8) is 0 Å². The van der Waals surface area contributed by atoms with Crippen LogP contribution in [-0.4, -0.2) is 33.4 Å². The lowest BCUT2D eigenvalue weighted by atomic mass is 10.1. The number of guanidine groups is 1. The summed E-state index contributed by atoms with van der Waals surface area (Å²) in [5.74, 6) is 3.04. The number of halogens is 1. The van der Waals surface area contributed by atoms with Crippen LogP contribution in [0.4, 0.5) is 5.69 Å². The second-order valence-electron chi connectivity index (χ2n) is 6.87. The van der Waals surface area contributed by atoms with Crippen molar-refractivity contribution in [3.05, 3.63) is 42.0 Å². The molecule has 0 spiro atoms.